The Morgan fingerprint density at radius 3 is 2.65 bits per heavy atom. The van der Waals surface area contributed by atoms with Gasteiger partial charge in [0, 0.05) is 5.56 Å². The number of halogens is 1. The van der Waals surface area contributed by atoms with Gasteiger partial charge in [-0.25, -0.2) is 12.8 Å². The van der Waals surface area contributed by atoms with Crippen molar-refractivity contribution < 1.29 is 12.8 Å². The van der Waals surface area contributed by atoms with Crippen LogP contribution >= 0.6 is 0 Å². The highest BCUT2D eigenvalue weighted by atomic mass is 32.2. The summed E-state index contributed by atoms with van der Waals surface area (Å²) in [6, 6.07) is 4.45. The lowest BCUT2D eigenvalue weighted by Crippen LogP contribution is -2.11. The third-order valence-corrected chi connectivity index (χ3v) is 4.20. The van der Waals surface area contributed by atoms with Crippen molar-refractivity contribution in [1.82, 2.24) is 0 Å². The minimum absolute atomic E-state index is 0.00809. The molecule has 0 aliphatic heterocycles. The van der Waals surface area contributed by atoms with Gasteiger partial charge in [-0.1, -0.05) is 31.9 Å². The summed E-state index contributed by atoms with van der Waals surface area (Å²) in [7, 11) is -3.24. The number of nitrogens with two attached hydrogens (primary N) is 1. The van der Waals surface area contributed by atoms with E-state index < -0.39 is 15.7 Å². The summed E-state index contributed by atoms with van der Waals surface area (Å²) in [6.07, 6.45) is 2.46. The third kappa shape index (κ3) is 4.34. The van der Waals surface area contributed by atoms with Gasteiger partial charge in [0.05, 0.1) is 17.2 Å². The summed E-state index contributed by atoms with van der Waals surface area (Å²) in [4.78, 5) is 0. The lowest BCUT2D eigenvalue weighted by Gasteiger charge is -2.06. The van der Waals surface area contributed by atoms with Crippen LogP contribution in [0.4, 0.5) is 10.1 Å². The van der Waals surface area contributed by atoms with E-state index >= 15 is 0 Å². The van der Waals surface area contributed by atoms with Crippen LogP contribution in [0.1, 0.15) is 31.7 Å². The van der Waals surface area contributed by atoms with Gasteiger partial charge >= 0.3 is 0 Å². The number of hydrogen-bond acceptors (Lipinski definition) is 3. The molecule has 0 saturated heterocycles. The summed E-state index contributed by atoms with van der Waals surface area (Å²) in [6.45, 7) is 2.00. The van der Waals surface area contributed by atoms with Crippen molar-refractivity contribution in [3.8, 4) is 0 Å². The number of anilines is 1. The third-order valence-electron chi connectivity index (χ3n) is 2.54. The summed E-state index contributed by atoms with van der Waals surface area (Å²) >= 11 is 0. The molecule has 0 heterocycles. The Labute approximate surface area is 102 Å². The minimum atomic E-state index is -3.24. The average molecular weight is 259 g/mol. The first-order valence-electron chi connectivity index (χ1n) is 5.69. The molecule has 17 heavy (non-hydrogen) atoms. The first-order chi connectivity index (χ1) is 7.96. The fourth-order valence-corrected chi connectivity index (χ4v) is 3.08. The number of unbranched alkanes of at least 4 members (excludes halogenated alkanes) is 2. The monoisotopic (exact) mass is 259 g/mol. The molecule has 5 heteroatoms. The fraction of sp³-hybridized carbons (Fsp3) is 0.500. The van der Waals surface area contributed by atoms with Crippen molar-refractivity contribution in [1.29, 1.82) is 0 Å². The second kappa shape index (κ2) is 6.00. The SMILES string of the molecule is CCCCCS(=O)(=O)Cc1cccc(N)c1F. The summed E-state index contributed by atoms with van der Waals surface area (Å²) in [5, 5.41) is 0. The molecule has 0 unspecified atom stereocenters. The number of benzene rings is 1. The van der Waals surface area contributed by atoms with Gasteiger partial charge in [-0.15, -0.1) is 0 Å². The number of rotatable bonds is 6. The number of nitrogen functional groups attached to an aromatic ring is 1. The van der Waals surface area contributed by atoms with Crippen LogP contribution in [0.25, 0.3) is 0 Å². The van der Waals surface area contributed by atoms with Crippen molar-refractivity contribution in [3.05, 3.63) is 29.6 Å². The van der Waals surface area contributed by atoms with Crippen LogP contribution in [0.15, 0.2) is 18.2 Å². The zero-order chi connectivity index (χ0) is 12.9. The van der Waals surface area contributed by atoms with Crippen molar-refractivity contribution in [2.75, 3.05) is 11.5 Å². The van der Waals surface area contributed by atoms with Gasteiger partial charge in [0.2, 0.25) is 0 Å². The lowest BCUT2D eigenvalue weighted by atomic mass is 10.2. The maximum Gasteiger partial charge on any atom is 0.154 e. The van der Waals surface area contributed by atoms with Crippen LogP contribution in [0, 0.1) is 5.82 Å². The Hall–Kier alpha value is -1.10. The molecule has 0 aliphatic rings. The van der Waals surface area contributed by atoms with Gasteiger partial charge in [-0.05, 0) is 12.5 Å². The van der Waals surface area contributed by atoms with Gasteiger partial charge in [-0.2, -0.15) is 0 Å². The molecule has 1 aromatic rings. The largest absolute Gasteiger partial charge is 0.396 e. The van der Waals surface area contributed by atoms with Crippen LogP contribution in [0.5, 0.6) is 0 Å². The Bertz CT molecular complexity index is 471. The molecular formula is C12H18FNO2S. The van der Waals surface area contributed by atoms with Crippen LogP contribution in [-0.2, 0) is 15.6 Å². The molecule has 0 atom stereocenters. The maximum atomic E-state index is 13.5. The molecule has 0 aliphatic carbocycles. The van der Waals surface area contributed by atoms with Gasteiger partial charge in [0.15, 0.2) is 9.84 Å². The molecule has 0 bridgehead atoms. The summed E-state index contributed by atoms with van der Waals surface area (Å²) < 4.78 is 37.0. The highest BCUT2D eigenvalue weighted by Crippen LogP contribution is 2.17. The molecular weight excluding hydrogens is 241 g/mol. The molecule has 0 amide bonds. The van der Waals surface area contributed by atoms with E-state index in [2.05, 4.69) is 0 Å². The second-order valence-corrected chi connectivity index (χ2v) is 6.30. The lowest BCUT2D eigenvalue weighted by molar-refractivity contribution is 0.584. The molecule has 1 aromatic carbocycles. The average Bonchev–Trinajstić information content (AvgIpc) is 2.25. The van der Waals surface area contributed by atoms with E-state index in [1.165, 1.54) is 12.1 Å². The minimum Gasteiger partial charge on any atom is -0.396 e. The Balaban J connectivity index is 2.73. The highest BCUT2D eigenvalue weighted by molar-refractivity contribution is 7.90. The van der Waals surface area contributed by atoms with Gasteiger partial charge in [0.1, 0.15) is 5.82 Å². The van der Waals surface area contributed by atoms with Crippen LogP contribution in [0.3, 0.4) is 0 Å². The van der Waals surface area contributed by atoms with E-state index in [1.807, 2.05) is 6.92 Å². The molecule has 2 N–H and O–H groups in total. The van der Waals surface area contributed by atoms with E-state index in [0.29, 0.717) is 6.42 Å². The quantitative estimate of drug-likeness (QED) is 0.630. The standard InChI is InChI=1S/C12H18FNO2S/c1-2-3-4-8-17(15,16)9-10-6-5-7-11(14)12(10)13/h5-7H,2-4,8-9,14H2,1H3. The Morgan fingerprint density at radius 2 is 2.00 bits per heavy atom. The Kier molecular flexibility index (Phi) is 4.93. The van der Waals surface area contributed by atoms with Crippen molar-refractivity contribution in [2.45, 2.75) is 31.9 Å². The van der Waals surface area contributed by atoms with Crippen molar-refractivity contribution >= 4 is 15.5 Å². The highest BCUT2D eigenvalue weighted by Gasteiger charge is 2.15. The van der Waals surface area contributed by atoms with E-state index in [4.69, 9.17) is 5.73 Å². The predicted octanol–water partition coefficient (Wildman–Crippen LogP) is 2.51. The Morgan fingerprint density at radius 1 is 1.29 bits per heavy atom. The summed E-state index contributed by atoms with van der Waals surface area (Å²) in [5.41, 5.74) is 5.54. The zero-order valence-electron chi connectivity index (χ0n) is 9.95. The van der Waals surface area contributed by atoms with Crippen molar-refractivity contribution in [2.24, 2.45) is 0 Å². The zero-order valence-corrected chi connectivity index (χ0v) is 10.8. The molecule has 96 valence electrons. The smallest absolute Gasteiger partial charge is 0.154 e. The van der Waals surface area contributed by atoms with E-state index in [0.717, 1.165) is 12.8 Å². The number of sulfone groups is 1. The molecule has 0 fully saturated rings. The van der Waals surface area contributed by atoms with Crippen molar-refractivity contribution in [3.63, 3.8) is 0 Å². The van der Waals surface area contributed by atoms with E-state index in [1.54, 1.807) is 6.07 Å². The predicted molar refractivity (Wildman–Crippen MR) is 67.8 cm³/mol. The first kappa shape index (κ1) is 14.0. The number of hydrogen-bond donors (Lipinski definition) is 1. The van der Waals surface area contributed by atoms with E-state index in [9.17, 15) is 12.8 Å². The van der Waals surface area contributed by atoms with Gasteiger partial charge < -0.3 is 5.73 Å². The normalized spacial score (nSPS) is 11.6. The topological polar surface area (TPSA) is 60.2 Å². The molecule has 1 rings (SSSR count). The van der Waals surface area contributed by atoms with Crippen LogP contribution in [0.2, 0.25) is 0 Å². The van der Waals surface area contributed by atoms with E-state index in [-0.39, 0.29) is 22.8 Å². The van der Waals surface area contributed by atoms with Gasteiger partial charge in [-0.3, -0.25) is 0 Å². The fourth-order valence-electron chi connectivity index (χ4n) is 1.59. The molecule has 0 saturated carbocycles. The first-order valence-corrected chi connectivity index (χ1v) is 7.51. The maximum absolute atomic E-state index is 13.5. The molecule has 0 spiro atoms. The van der Waals surface area contributed by atoms with Gasteiger partial charge in [0.25, 0.3) is 0 Å². The molecule has 3 nitrogen and oxygen atoms in total. The van der Waals surface area contributed by atoms with Crippen LogP contribution < -0.4 is 5.73 Å². The summed E-state index contributed by atoms with van der Waals surface area (Å²) in [5.74, 6) is -0.783. The molecule has 0 radical (unpaired) electrons. The second-order valence-electron chi connectivity index (χ2n) is 4.12. The molecule has 0 aromatic heterocycles. The van der Waals surface area contributed by atoms with Crippen LogP contribution in [-0.4, -0.2) is 14.2 Å².